The average molecular weight is 266 g/mol. The smallest absolute Gasteiger partial charge is 0.252 e. The van der Waals surface area contributed by atoms with Crippen LogP contribution in [0, 0.1) is 0 Å². The van der Waals surface area contributed by atoms with Crippen molar-refractivity contribution in [3.63, 3.8) is 0 Å². The van der Waals surface area contributed by atoms with Crippen molar-refractivity contribution in [1.29, 1.82) is 0 Å². The molecule has 4 nitrogen and oxygen atoms in total. The van der Waals surface area contributed by atoms with Gasteiger partial charge in [0.15, 0.2) is 0 Å². The van der Waals surface area contributed by atoms with Crippen molar-refractivity contribution in [2.75, 3.05) is 6.54 Å². The van der Waals surface area contributed by atoms with Gasteiger partial charge in [0.05, 0.1) is 16.8 Å². The highest BCUT2D eigenvalue weighted by atomic mass is 35.5. The second-order valence-corrected chi connectivity index (χ2v) is 4.16. The maximum absolute atomic E-state index is 11.8. The van der Waals surface area contributed by atoms with Crippen molar-refractivity contribution in [1.82, 2.24) is 5.32 Å². The molecule has 0 fully saturated rings. The molecule has 0 aliphatic carbocycles. The SMILES string of the molecule is O=C(NCCc1ccco1)c1cc(O)ccc1Cl. The first-order chi connectivity index (χ1) is 8.66. The summed E-state index contributed by atoms with van der Waals surface area (Å²) in [4.78, 5) is 11.8. The van der Waals surface area contributed by atoms with Gasteiger partial charge >= 0.3 is 0 Å². The summed E-state index contributed by atoms with van der Waals surface area (Å²) < 4.78 is 5.15. The Labute approximate surface area is 109 Å². The second-order valence-electron chi connectivity index (χ2n) is 3.75. The lowest BCUT2D eigenvalue weighted by Gasteiger charge is -2.06. The molecule has 0 atom stereocenters. The third-order valence-electron chi connectivity index (χ3n) is 2.43. The number of carbonyl (C=O) groups excluding carboxylic acids is 1. The van der Waals surface area contributed by atoms with Gasteiger partial charge in [0.25, 0.3) is 5.91 Å². The Kier molecular flexibility index (Phi) is 3.89. The van der Waals surface area contributed by atoms with Crippen LogP contribution >= 0.6 is 11.6 Å². The van der Waals surface area contributed by atoms with Gasteiger partial charge in [0, 0.05) is 13.0 Å². The van der Waals surface area contributed by atoms with E-state index in [4.69, 9.17) is 16.0 Å². The molecule has 2 aromatic rings. The molecule has 0 saturated heterocycles. The summed E-state index contributed by atoms with van der Waals surface area (Å²) in [5, 5.41) is 12.3. The topological polar surface area (TPSA) is 62.5 Å². The van der Waals surface area contributed by atoms with Crippen LogP contribution in [0.2, 0.25) is 5.02 Å². The van der Waals surface area contributed by atoms with E-state index in [1.165, 1.54) is 18.2 Å². The summed E-state index contributed by atoms with van der Waals surface area (Å²) in [5.41, 5.74) is 0.260. The summed E-state index contributed by atoms with van der Waals surface area (Å²) >= 11 is 5.88. The minimum absolute atomic E-state index is 0.00980. The number of benzene rings is 1. The molecule has 18 heavy (non-hydrogen) atoms. The number of phenolic OH excluding ortho intramolecular Hbond substituents is 1. The Bertz CT molecular complexity index is 537. The predicted molar refractivity (Wildman–Crippen MR) is 67.9 cm³/mol. The van der Waals surface area contributed by atoms with E-state index in [0.717, 1.165) is 5.76 Å². The second kappa shape index (κ2) is 5.60. The van der Waals surface area contributed by atoms with Crippen LogP contribution in [-0.2, 0) is 6.42 Å². The first-order valence-corrected chi connectivity index (χ1v) is 5.83. The summed E-state index contributed by atoms with van der Waals surface area (Å²) in [5.74, 6) is 0.496. The lowest BCUT2D eigenvalue weighted by molar-refractivity contribution is 0.0953. The summed E-state index contributed by atoms with van der Waals surface area (Å²) in [7, 11) is 0. The van der Waals surface area contributed by atoms with Gasteiger partial charge in [-0.1, -0.05) is 11.6 Å². The maximum Gasteiger partial charge on any atom is 0.252 e. The quantitative estimate of drug-likeness (QED) is 0.893. The zero-order valence-corrected chi connectivity index (χ0v) is 10.3. The molecule has 0 bridgehead atoms. The molecule has 0 aliphatic rings. The van der Waals surface area contributed by atoms with Gasteiger partial charge in [-0.3, -0.25) is 4.79 Å². The molecule has 0 aliphatic heterocycles. The normalized spacial score (nSPS) is 10.3. The summed E-state index contributed by atoms with van der Waals surface area (Å²) in [6, 6.07) is 7.89. The van der Waals surface area contributed by atoms with E-state index in [1.54, 1.807) is 12.3 Å². The van der Waals surface area contributed by atoms with Crippen molar-refractivity contribution < 1.29 is 14.3 Å². The summed E-state index contributed by atoms with van der Waals surface area (Å²) in [6.07, 6.45) is 2.19. The monoisotopic (exact) mass is 265 g/mol. The highest BCUT2D eigenvalue weighted by molar-refractivity contribution is 6.33. The fraction of sp³-hybridized carbons (Fsp3) is 0.154. The molecule has 5 heteroatoms. The van der Waals surface area contributed by atoms with Crippen LogP contribution in [0.5, 0.6) is 5.75 Å². The van der Waals surface area contributed by atoms with Crippen molar-refractivity contribution >= 4 is 17.5 Å². The Morgan fingerprint density at radius 2 is 2.22 bits per heavy atom. The van der Waals surface area contributed by atoms with Gasteiger partial charge in [0.2, 0.25) is 0 Å². The van der Waals surface area contributed by atoms with Crippen molar-refractivity contribution in [2.24, 2.45) is 0 Å². The number of rotatable bonds is 4. The van der Waals surface area contributed by atoms with Crippen molar-refractivity contribution in [2.45, 2.75) is 6.42 Å². The zero-order valence-electron chi connectivity index (χ0n) is 9.52. The minimum Gasteiger partial charge on any atom is -0.508 e. The van der Waals surface area contributed by atoms with Gasteiger partial charge in [-0.25, -0.2) is 0 Å². The number of hydrogen-bond donors (Lipinski definition) is 2. The molecule has 1 amide bonds. The maximum atomic E-state index is 11.8. The van der Waals surface area contributed by atoms with Crippen molar-refractivity contribution in [3.8, 4) is 5.75 Å². The Hall–Kier alpha value is -1.94. The van der Waals surface area contributed by atoms with E-state index < -0.39 is 0 Å². The van der Waals surface area contributed by atoms with Crippen LogP contribution in [0.3, 0.4) is 0 Å². The fourth-order valence-electron chi connectivity index (χ4n) is 1.54. The Balaban J connectivity index is 1.93. The molecular weight excluding hydrogens is 254 g/mol. The number of halogens is 1. The van der Waals surface area contributed by atoms with E-state index >= 15 is 0 Å². The van der Waals surface area contributed by atoms with Crippen LogP contribution in [-0.4, -0.2) is 17.6 Å². The van der Waals surface area contributed by atoms with Gasteiger partial charge < -0.3 is 14.8 Å². The number of amides is 1. The van der Waals surface area contributed by atoms with Crippen LogP contribution in [0.4, 0.5) is 0 Å². The van der Waals surface area contributed by atoms with Crippen LogP contribution in [0.25, 0.3) is 0 Å². The van der Waals surface area contributed by atoms with E-state index in [-0.39, 0.29) is 17.2 Å². The number of hydrogen-bond acceptors (Lipinski definition) is 3. The van der Waals surface area contributed by atoms with E-state index in [2.05, 4.69) is 5.32 Å². The number of nitrogens with one attached hydrogen (secondary N) is 1. The number of carbonyl (C=O) groups is 1. The van der Waals surface area contributed by atoms with Gasteiger partial charge in [-0.05, 0) is 30.3 Å². The van der Waals surface area contributed by atoms with E-state index in [1.807, 2.05) is 6.07 Å². The lowest BCUT2D eigenvalue weighted by Crippen LogP contribution is -2.25. The lowest BCUT2D eigenvalue weighted by atomic mass is 10.2. The van der Waals surface area contributed by atoms with Crippen LogP contribution in [0.1, 0.15) is 16.1 Å². The van der Waals surface area contributed by atoms with Gasteiger partial charge in [-0.15, -0.1) is 0 Å². The molecule has 0 saturated carbocycles. The number of aromatic hydroxyl groups is 1. The minimum atomic E-state index is -0.317. The van der Waals surface area contributed by atoms with Crippen LogP contribution < -0.4 is 5.32 Å². The molecule has 0 unspecified atom stereocenters. The molecule has 2 N–H and O–H groups in total. The average Bonchev–Trinajstić information content (AvgIpc) is 2.85. The van der Waals surface area contributed by atoms with Crippen LogP contribution in [0.15, 0.2) is 41.0 Å². The number of furan rings is 1. The summed E-state index contributed by atoms with van der Waals surface area (Å²) in [6.45, 7) is 0.443. The Morgan fingerprint density at radius 3 is 2.94 bits per heavy atom. The van der Waals surface area contributed by atoms with E-state index in [9.17, 15) is 9.90 Å². The first-order valence-electron chi connectivity index (χ1n) is 5.46. The molecule has 0 radical (unpaired) electrons. The highest BCUT2D eigenvalue weighted by Crippen LogP contribution is 2.20. The molecule has 0 spiro atoms. The van der Waals surface area contributed by atoms with Crippen molar-refractivity contribution in [3.05, 3.63) is 52.9 Å². The zero-order chi connectivity index (χ0) is 13.0. The van der Waals surface area contributed by atoms with E-state index in [0.29, 0.717) is 18.0 Å². The van der Waals surface area contributed by atoms with Gasteiger partial charge in [-0.2, -0.15) is 0 Å². The Morgan fingerprint density at radius 1 is 1.39 bits per heavy atom. The fourth-order valence-corrected chi connectivity index (χ4v) is 1.74. The largest absolute Gasteiger partial charge is 0.508 e. The molecule has 1 aromatic carbocycles. The molecular formula is C13H12ClNO3. The molecule has 2 rings (SSSR count). The predicted octanol–water partition coefficient (Wildman–Crippen LogP) is 2.61. The molecule has 94 valence electrons. The standard InChI is InChI=1S/C13H12ClNO3/c14-12-4-3-9(16)8-11(12)13(17)15-6-5-10-2-1-7-18-10/h1-4,7-8,16H,5-6H2,(H,15,17). The molecule has 1 heterocycles. The first kappa shape index (κ1) is 12.5. The highest BCUT2D eigenvalue weighted by Gasteiger charge is 2.10. The van der Waals surface area contributed by atoms with Gasteiger partial charge in [0.1, 0.15) is 11.5 Å². The number of phenols is 1. The molecule has 1 aromatic heterocycles. The third-order valence-corrected chi connectivity index (χ3v) is 2.76. The third kappa shape index (κ3) is 3.05.